The van der Waals surface area contributed by atoms with Crippen LogP contribution in [0.25, 0.3) is 10.8 Å². The highest BCUT2D eigenvalue weighted by Gasteiger charge is 2.10. The maximum Gasteiger partial charge on any atom is 0.275 e. The third-order valence-electron chi connectivity index (χ3n) is 4.09. The highest BCUT2D eigenvalue weighted by atomic mass is 32.1. The summed E-state index contributed by atoms with van der Waals surface area (Å²) in [7, 11) is 0. The van der Waals surface area contributed by atoms with E-state index in [0.717, 1.165) is 10.2 Å². The first-order valence-corrected chi connectivity index (χ1v) is 8.90. The van der Waals surface area contributed by atoms with Gasteiger partial charge in [-0.05, 0) is 42.9 Å². The normalized spacial score (nSPS) is 11.6. The van der Waals surface area contributed by atoms with Crippen molar-refractivity contribution >= 4 is 34.0 Å². The van der Waals surface area contributed by atoms with E-state index >= 15 is 0 Å². The molecule has 3 rings (SSSR count). The smallest absolute Gasteiger partial charge is 0.275 e. The zero-order valence-corrected chi connectivity index (χ0v) is 15.8. The summed E-state index contributed by atoms with van der Waals surface area (Å²) in [5.41, 5.74) is 5.48. The minimum Gasteiger partial charge on any atom is -0.355 e. The van der Waals surface area contributed by atoms with Gasteiger partial charge in [0.1, 0.15) is 12.4 Å². The van der Waals surface area contributed by atoms with Gasteiger partial charge in [0, 0.05) is 5.39 Å². The predicted octanol–water partition coefficient (Wildman–Crippen LogP) is 1.79. The molecule has 1 amide bonds. The first-order chi connectivity index (χ1) is 13.4. The van der Waals surface area contributed by atoms with E-state index in [2.05, 4.69) is 21.3 Å². The van der Waals surface area contributed by atoms with Gasteiger partial charge < -0.3 is 5.32 Å². The Bertz CT molecular complexity index is 1070. The number of amides is 1. The number of thiocarbonyl (C=S) groups is 1. The number of benzene rings is 2. The second-order valence-corrected chi connectivity index (χ2v) is 6.52. The van der Waals surface area contributed by atoms with Gasteiger partial charge in [-0.2, -0.15) is 5.10 Å². The van der Waals surface area contributed by atoms with Crippen molar-refractivity contribution in [3.05, 3.63) is 76.5 Å². The van der Waals surface area contributed by atoms with Crippen LogP contribution in [-0.2, 0) is 11.3 Å². The lowest BCUT2D eigenvalue weighted by Crippen LogP contribution is -2.48. The largest absolute Gasteiger partial charge is 0.355 e. The molecule has 9 heteroatoms. The number of carbonyl (C=O) groups is 1. The summed E-state index contributed by atoms with van der Waals surface area (Å²) in [6, 6.07) is 12.8. The van der Waals surface area contributed by atoms with E-state index < -0.39 is 5.91 Å². The van der Waals surface area contributed by atoms with E-state index in [1.807, 2.05) is 13.0 Å². The number of nitrogens with zero attached hydrogens (tertiary/aromatic N) is 2. The van der Waals surface area contributed by atoms with Crippen LogP contribution in [0.5, 0.6) is 0 Å². The fourth-order valence-electron chi connectivity index (χ4n) is 2.61. The molecule has 0 aliphatic carbocycles. The van der Waals surface area contributed by atoms with E-state index in [1.54, 1.807) is 30.3 Å². The molecule has 2 aromatic carbocycles. The Kier molecular flexibility index (Phi) is 5.95. The van der Waals surface area contributed by atoms with Crippen LogP contribution in [0.15, 0.2) is 59.5 Å². The summed E-state index contributed by atoms with van der Waals surface area (Å²) in [5, 5.41) is 8.36. The van der Waals surface area contributed by atoms with E-state index in [0.29, 0.717) is 10.8 Å². The van der Waals surface area contributed by atoms with Gasteiger partial charge in [0.25, 0.3) is 11.5 Å². The number of nitrogens with one attached hydrogen (secondary N) is 3. The molecule has 0 aliphatic rings. The van der Waals surface area contributed by atoms with Crippen LogP contribution in [0.4, 0.5) is 4.39 Å². The molecular formula is C19H18FN5O2S. The maximum absolute atomic E-state index is 13.0. The molecule has 0 fully saturated rings. The number of hydrogen-bond acceptors (Lipinski definition) is 4. The molecule has 1 atom stereocenters. The molecule has 144 valence electrons. The van der Waals surface area contributed by atoms with Crippen molar-refractivity contribution in [1.29, 1.82) is 0 Å². The lowest BCUT2D eigenvalue weighted by molar-refractivity contribution is -0.122. The second kappa shape index (κ2) is 8.57. The van der Waals surface area contributed by atoms with E-state index in [4.69, 9.17) is 12.2 Å². The Hall–Kier alpha value is -3.33. The number of halogens is 1. The lowest BCUT2D eigenvalue weighted by atomic mass is 10.1. The topological polar surface area (TPSA) is 88.0 Å². The van der Waals surface area contributed by atoms with Crippen LogP contribution in [0.3, 0.4) is 0 Å². The van der Waals surface area contributed by atoms with Gasteiger partial charge in [0.05, 0.1) is 17.6 Å². The monoisotopic (exact) mass is 399 g/mol. The van der Waals surface area contributed by atoms with Crippen molar-refractivity contribution in [2.45, 2.75) is 19.5 Å². The Morgan fingerprint density at radius 2 is 1.89 bits per heavy atom. The Morgan fingerprint density at radius 1 is 1.18 bits per heavy atom. The van der Waals surface area contributed by atoms with Crippen LogP contribution in [0, 0.1) is 5.82 Å². The molecular weight excluding hydrogens is 381 g/mol. The average molecular weight is 399 g/mol. The SMILES string of the molecule is C[C@@H](NC(=S)NNC(=O)Cn1ncc2ccccc2c1=O)c1ccc(F)cc1. The van der Waals surface area contributed by atoms with Crippen LogP contribution >= 0.6 is 12.2 Å². The first-order valence-electron chi connectivity index (χ1n) is 8.50. The minimum atomic E-state index is -0.483. The lowest BCUT2D eigenvalue weighted by Gasteiger charge is -2.17. The molecule has 0 radical (unpaired) electrons. The van der Waals surface area contributed by atoms with Gasteiger partial charge in [-0.15, -0.1) is 0 Å². The summed E-state index contributed by atoms with van der Waals surface area (Å²) < 4.78 is 14.1. The number of aromatic nitrogens is 2. The summed E-state index contributed by atoms with van der Waals surface area (Å²) in [5.74, 6) is -0.801. The highest BCUT2D eigenvalue weighted by Crippen LogP contribution is 2.12. The second-order valence-electron chi connectivity index (χ2n) is 6.11. The number of fused-ring (bicyclic) bond motifs is 1. The van der Waals surface area contributed by atoms with Crippen LogP contribution in [-0.4, -0.2) is 20.8 Å². The molecule has 0 bridgehead atoms. The molecule has 0 saturated carbocycles. The van der Waals surface area contributed by atoms with Crippen molar-refractivity contribution in [3.63, 3.8) is 0 Å². The van der Waals surface area contributed by atoms with Crippen molar-refractivity contribution < 1.29 is 9.18 Å². The number of rotatable bonds is 4. The predicted molar refractivity (Wildman–Crippen MR) is 108 cm³/mol. The van der Waals surface area contributed by atoms with Crippen molar-refractivity contribution in [1.82, 2.24) is 25.9 Å². The minimum absolute atomic E-state index is 0.184. The molecule has 7 nitrogen and oxygen atoms in total. The van der Waals surface area contributed by atoms with Gasteiger partial charge in [-0.1, -0.05) is 30.3 Å². The summed E-state index contributed by atoms with van der Waals surface area (Å²) in [4.78, 5) is 24.5. The van der Waals surface area contributed by atoms with Crippen molar-refractivity contribution in [2.75, 3.05) is 0 Å². The van der Waals surface area contributed by atoms with Crippen molar-refractivity contribution in [2.24, 2.45) is 0 Å². The number of hydrazine groups is 1. The zero-order chi connectivity index (χ0) is 20.1. The van der Waals surface area contributed by atoms with Crippen LogP contribution in [0.1, 0.15) is 18.5 Å². The van der Waals surface area contributed by atoms with Crippen LogP contribution in [0.2, 0.25) is 0 Å². The number of carbonyl (C=O) groups excluding carboxylic acids is 1. The van der Waals surface area contributed by atoms with Gasteiger partial charge in [0.2, 0.25) is 0 Å². The third kappa shape index (κ3) is 4.68. The van der Waals surface area contributed by atoms with Gasteiger partial charge >= 0.3 is 0 Å². The Morgan fingerprint density at radius 3 is 2.64 bits per heavy atom. The number of hydrogen-bond donors (Lipinski definition) is 3. The van der Waals surface area contributed by atoms with E-state index in [1.165, 1.54) is 18.3 Å². The van der Waals surface area contributed by atoms with Crippen molar-refractivity contribution in [3.8, 4) is 0 Å². The zero-order valence-electron chi connectivity index (χ0n) is 15.0. The molecule has 0 saturated heterocycles. The Balaban J connectivity index is 1.54. The molecule has 3 aromatic rings. The fourth-order valence-corrected chi connectivity index (χ4v) is 2.84. The summed E-state index contributed by atoms with van der Waals surface area (Å²) in [6.07, 6.45) is 1.54. The highest BCUT2D eigenvalue weighted by molar-refractivity contribution is 7.80. The molecule has 1 heterocycles. The van der Waals surface area contributed by atoms with Crippen LogP contribution < -0.4 is 21.7 Å². The Labute approximate surface area is 165 Å². The quantitative estimate of drug-likeness (QED) is 0.458. The molecule has 3 N–H and O–H groups in total. The molecule has 1 aromatic heterocycles. The molecule has 0 aliphatic heterocycles. The average Bonchev–Trinajstić information content (AvgIpc) is 2.69. The molecule has 28 heavy (non-hydrogen) atoms. The van der Waals surface area contributed by atoms with E-state index in [9.17, 15) is 14.0 Å². The summed E-state index contributed by atoms with van der Waals surface area (Å²) in [6.45, 7) is 1.59. The summed E-state index contributed by atoms with van der Waals surface area (Å²) >= 11 is 5.13. The molecule has 0 unspecified atom stereocenters. The maximum atomic E-state index is 13.0. The van der Waals surface area contributed by atoms with Gasteiger partial charge in [-0.3, -0.25) is 20.4 Å². The van der Waals surface area contributed by atoms with Gasteiger partial charge in [0.15, 0.2) is 5.11 Å². The first kappa shape index (κ1) is 19.4. The fraction of sp³-hybridized carbons (Fsp3) is 0.158. The van der Waals surface area contributed by atoms with Gasteiger partial charge in [-0.25, -0.2) is 9.07 Å². The molecule has 0 spiro atoms. The van der Waals surface area contributed by atoms with E-state index in [-0.39, 0.29) is 29.1 Å². The standard InChI is InChI=1S/C19H18FN5O2S/c1-12(13-6-8-15(20)9-7-13)22-19(28)24-23-17(26)11-25-18(27)16-5-3-2-4-14(16)10-21-25/h2-10,12H,11H2,1H3,(H,23,26)(H2,22,24,28)/t12-/m1/s1. The third-order valence-corrected chi connectivity index (χ3v) is 4.31.